The van der Waals surface area contributed by atoms with Gasteiger partial charge >= 0.3 is 0 Å². The summed E-state index contributed by atoms with van der Waals surface area (Å²) in [4.78, 5) is 12.8. The largest absolute Gasteiger partial charge is 0.393 e. The maximum atomic E-state index is 10.4. The van der Waals surface area contributed by atoms with E-state index < -0.39 is 5.60 Å². The molecule has 32 heavy (non-hydrogen) atoms. The topological polar surface area (TPSA) is 38.7 Å². The van der Waals surface area contributed by atoms with Crippen LogP contribution in [0.25, 0.3) is 0 Å². The van der Waals surface area contributed by atoms with Crippen LogP contribution < -0.4 is 0 Å². The van der Waals surface area contributed by atoms with E-state index in [1.807, 2.05) is 0 Å². The molecular formula is C29H46O3. The Hall–Kier alpha value is -0.640. The van der Waals surface area contributed by atoms with E-state index in [4.69, 9.17) is 9.78 Å². The van der Waals surface area contributed by atoms with Gasteiger partial charge in [-0.2, -0.15) is 0 Å². The highest BCUT2D eigenvalue weighted by molar-refractivity contribution is 5.33. The van der Waals surface area contributed by atoms with Gasteiger partial charge in [-0.3, -0.25) is 0 Å². The molecule has 180 valence electrons. The van der Waals surface area contributed by atoms with E-state index in [2.05, 4.69) is 65.8 Å². The summed E-state index contributed by atoms with van der Waals surface area (Å²) in [6.45, 7) is 14.4. The summed E-state index contributed by atoms with van der Waals surface area (Å²) in [6.07, 6.45) is 18.3. The Morgan fingerprint density at radius 3 is 2.41 bits per heavy atom. The number of hydrogen-bond donors (Lipinski definition) is 1. The maximum absolute atomic E-state index is 10.4. The van der Waals surface area contributed by atoms with Crippen molar-refractivity contribution in [3.05, 3.63) is 24.3 Å². The molecule has 3 heteroatoms. The summed E-state index contributed by atoms with van der Waals surface area (Å²) in [5, 5.41) is 10.4. The van der Waals surface area contributed by atoms with Gasteiger partial charge in [0.25, 0.3) is 0 Å². The minimum Gasteiger partial charge on any atom is -0.393 e. The third-order valence-electron chi connectivity index (χ3n) is 11.3. The van der Waals surface area contributed by atoms with Gasteiger partial charge in [0, 0.05) is 23.7 Å². The van der Waals surface area contributed by atoms with E-state index >= 15 is 0 Å². The molecule has 10 atom stereocenters. The van der Waals surface area contributed by atoms with E-state index in [0.717, 1.165) is 12.8 Å². The number of rotatable bonds is 5. The van der Waals surface area contributed by atoms with Gasteiger partial charge < -0.3 is 5.11 Å². The van der Waals surface area contributed by atoms with Crippen molar-refractivity contribution in [1.82, 2.24) is 0 Å². The van der Waals surface area contributed by atoms with Gasteiger partial charge in [0.2, 0.25) is 0 Å². The third-order valence-corrected chi connectivity index (χ3v) is 11.3. The zero-order chi connectivity index (χ0) is 22.9. The molecule has 1 saturated heterocycles. The average Bonchev–Trinajstić information content (AvgIpc) is 3.12. The SMILES string of the molecule is CC[C@H](C=C[C@@H](C)[C@H]1CC[C@@H]2[C@]1(C)CC[C@H]1[C@@]23C=CC2(CC(O)CC[C@]12C)OO3)C(C)C. The lowest BCUT2D eigenvalue weighted by atomic mass is 9.43. The molecule has 6 rings (SSSR count). The maximum Gasteiger partial charge on any atom is 0.130 e. The van der Waals surface area contributed by atoms with Crippen LogP contribution in [0.1, 0.15) is 92.9 Å². The van der Waals surface area contributed by atoms with Crippen LogP contribution in [0.5, 0.6) is 0 Å². The number of fused-ring (bicyclic) bond motifs is 2. The summed E-state index contributed by atoms with van der Waals surface area (Å²) >= 11 is 0. The molecular weight excluding hydrogens is 396 g/mol. The average molecular weight is 443 g/mol. The summed E-state index contributed by atoms with van der Waals surface area (Å²) in [7, 11) is 0. The fourth-order valence-electron chi connectivity index (χ4n) is 9.29. The quantitative estimate of drug-likeness (QED) is 0.373. The second kappa shape index (κ2) is 7.68. The van der Waals surface area contributed by atoms with E-state index in [1.165, 1.54) is 32.1 Å². The molecule has 0 aromatic heterocycles. The molecule has 2 spiro atoms. The summed E-state index contributed by atoms with van der Waals surface area (Å²) in [6, 6.07) is 0. The molecule has 2 aliphatic heterocycles. The lowest BCUT2D eigenvalue weighted by Crippen LogP contribution is -2.73. The fourth-order valence-corrected chi connectivity index (χ4v) is 9.29. The predicted molar refractivity (Wildman–Crippen MR) is 129 cm³/mol. The number of aliphatic hydroxyl groups is 1. The van der Waals surface area contributed by atoms with Crippen LogP contribution in [-0.4, -0.2) is 22.4 Å². The molecule has 1 N–H and O–H groups in total. The second-order valence-corrected chi connectivity index (χ2v) is 13.0. The molecule has 2 unspecified atom stereocenters. The third kappa shape index (κ3) is 2.96. The number of hydrogen-bond acceptors (Lipinski definition) is 3. The van der Waals surface area contributed by atoms with Crippen LogP contribution in [0.15, 0.2) is 24.3 Å². The Morgan fingerprint density at radius 2 is 1.75 bits per heavy atom. The van der Waals surface area contributed by atoms with Crippen molar-refractivity contribution in [2.24, 2.45) is 46.3 Å². The molecule has 4 aliphatic carbocycles. The van der Waals surface area contributed by atoms with Gasteiger partial charge in [-0.25, -0.2) is 9.78 Å². The Morgan fingerprint density at radius 1 is 0.969 bits per heavy atom. The monoisotopic (exact) mass is 442 g/mol. The Balaban J connectivity index is 1.44. The molecule has 6 aliphatic rings. The van der Waals surface area contributed by atoms with Gasteiger partial charge in [-0.05, 0) is 80.1 Å². The Kier molecular flexibility index (Phi) is 5.55. The van der Waals surface area contributed by atoms with E-state index in [1.54, 1.807) is 0 Å². The van der Waals surface area contributed by atoms with Crippen molar-refractivity contribution >= 4 is 0 Å². The molecule has 0 aromatic carbocycles. The van der Waals surface area contributed by atoms with Gasteiger partial charge in [0.15, 0.2) is 0 Å². The highest BCUT2D eigenvalue weighted by atomic mass is 17.2. The molecule has 0 radical (unpaired) electrons. The van der Waals surface area contributed by atoms with Crippen LogP contribution in [-0.2, 0) is 9.78 Å². The zero-order valence-corrected chi connectivity index (χ0v) is 21.3. The van der Waals surface area contributed by atoms with E-state index in [0.29, 0.717) is 41.9 Å². The molecule has 3 nitrogen and oxygen atoms in total. The van der Waals surface area contributed by atoms with Gasteiger partial charge in [-0.15, -0.1) is 0 Å². The minimum atomic E-state index is -0.440. The summed E-state index contributed by atoms with van der Waals surface area (Å²) in [5.74, 6) is 3.70. The molecule has 0 aromatic rings. The molecule has 3 saturated carbocycles. The van der Waals surface area contributed by atoms with Crippen LogP contribution >= 0.6 is 0 Å². The van der Waals surface area contributed by atoms with Crippen molar-refractivity contribution in [2.75, 3.05) is 0 Å². The van der Waals surface area contributed by atoms with Crippen molar-refractivity contribution in [1.29, 1.82) is 0 Å². The van der Waals surface area contributed by atoms with Crippen LogP contribution in [0.2, 0.25) is 0 Å². The molecule has 4 fully saturated rings. The zero-order valence-electron chi connectivity index (χ0n) is 21.3. The van der Waals surface area contributed by atoms with Gasteiger partial charge in [0.1, 0.15) is 11.2 Å². The first-order valence-corrected chi connectivity index (χ1v) is 13.6. The summed E-state index contributed by atoms with van der Waals surface area (Å²) in [5.41, 5.74) is -0.371. The molecule has 0 amide bonds. The molecule has 2 bridgehead atoms. The van der Waals surface area contributed by atoms with Crippen molar-refractivity contribution < 1.29 is 14.9 Å². The number of allylic oxidation sites excluding steroid dienone is 2. The van der Waals surface area contributed by atoms with Gasteiger partial charge in [0.05, 0.1) is 6.10 Å². The minimum absolute atomic E-state index is 0.0653. The smallest absolute Gasteiger partial charge is 0.130 e. The lowest BCUT2D eigenvalue weighted by molar-refractivity contribution is -0.497. The first-order valence-electron chi connectivity index (χ1n) is 13.6. The van der Waals surface area contributed by atoms with Crippen molar-refractivity contribution in [3.8, 4) is 0 Å². The molecule has 2 heterocycles. The summed E-state index contributed by atoms with van der Waals surface area (Å²) < 4.78 is 0. The van der Waals surface area contributed by atoms with Gasteiger partial charge in [-0.1, -0.05) is 59.8 Å². The van der Waals surface area contributed by atoms with Crippen LogP contribution in [0.3, 0.4) is 0 Å². The standard InChI is InChI=1S/C29H46O3/c1-7-21(19(2)3)9-8-20(4)23-10-11-24-26(23,5)14-13-25-27(6)15-12-22(30)18-28(27)16-17-29(24,25)32-31-28/h8-9,16-17,19-25,30H,7,10-15,18H2,1-6H3/t20-,21-,22?,23-,24-,25-,26-,27-,28?,29-/m1/s1. The van der Waals surface area contributed by atoms with Crippen molar-refractivity contribution in [3.63, 3.8) is 0 Å². The highest BCUT2D eigenvalue weighted by Crippen LogP contribution is 2.72. The lowest BCUT2D eigenvalue weighted by Gasteiger charge is -2.69. The van der Waals surface area contributed by atoms with E-state index in [9.17, 15) is 5.11 Å². The highest BCUT2D eigenvalue weighted by Gasteiger charge is 2.74. The first kappa shape index (κ1) is 23.1. The van der Waals surface area contributed by atoms with Crippen LogP contribution in [0, 0.1) is 46.3 Å². The number of aliphatic hydroxyl groups excluding tert-OH is 1. The second-order valence-electron chi connectivity index (χ2n) is 13.0. The van der Waals surface area contributed by atoms with Crippen LogP contribution in [0.4, 0.5) is 0 Å². The van der Waals surface area contributed by atoms with Crippen molar-refractivity contribution in [2.45, 2.75) is 110 Å². The fraction of sp³-hybridized carbons (Fsp3) is 0.862. The first-order chi connectivity index (χ1) is 15.1. The Labute approximate surface area is 195 Å². The normalized spacial score (nSPS) is 51.5. The Bertz CT molecular complexity index is 787. The van der Waals surface area contributed by atoms with E-state index in [-0.39, 0.29) is 22.5 Å². The predicted octanol–water partition coefficient (Wildman–Crippen LogP) is 6.86.